The number of thiazole rings is 1. The molecule has 0 aliphatic carbocycles. The molecule has 2 aliphatic heterocycles. The molecule has 0 unspecified atom stereocenters. The number of nitrogens with zero attached hydrogens (tertiary/aromatic N) is 2. The Morgan fingerprint density at radius 1 is 1.35 bits per heavy atom. The van der Waals surface area contributed by atoms with E-state index in [1.807, 2.05) is 0 Å². The van der Waals surface area contributed by atoms with E-state index in [0.717, 1.165) is 39.3 Å². The second kappa shape index (κ2) is 8.34. The number of rotatable bonds is 6. The highest BCUT2D eigenvalue weighted by atomic mass is 32.2. The molecule has 0 spiro atoms. The van der Waals surface area contributed by atoms with E-state index < -0.39 is 9.84 Å². The molecule has 1 aromatic rings. The summed E-state index contributed by atoms with van der Waals surface area (Å²) in [6.07, 6.45) is 1.33. The molecule has 2 fully saturated rings. The summed E-state index contributed by atoms with van der Waals surface area (Å²) in [5.41, 5.74) is 6.15. The van der Waals surface area contributed by atoms with Crippen LogP contribution in [0.3, 0.4) is 0 Å². The summed E-state index contributed by atoms with van der Waals surface area (Å²) in [6.45, 7) is 4.99. The van der Waals surface area contributed by atoms with Gasteiger partial charge in [0.05, 0.1) is 24.7 Å². The van der Waals surface area contributed by atoms with Crippen molar-refractivity contribution in [1.82, 2.24) is 14.8 Å². The third kappa shape index (κ3) is 4.83. The second-order valence-corrected chi connectivity index (χ2v) is 10.5. The fraction of sp³-hybridized carbons (Fsp3) is 0.733. The number of morpholine rings is 1. The third-order valence-corrected chi connectivity index (χ3v) is 7.90. The number of aromatic nitrogens is 1. The van der Waals surface area contributed by atoms with E-state index in [2.05, 4.69) is 10.2 Å². The van der Waals surface area contributed by atoms with Crippen molar-refractivity contribution in [3.8, 4) is 0 Å². The van der Waals surface area contributed by atoms with Crippen molar-refractivity contribution in [3.05, 3.63) is 8.83 Å². The molecule has 3 heterocycles. The van der Waals surface area contributed by atoms with Crippen LogP contribution in [0.2, 0.25) is 0 Å². The molecule has 1 amide bonds. The maximum absolute atomic E-state index is 12.5. The van der Waals surface area contributed by atoms with E-state index in [1.165, 1.54) is 11.3 Å². The van der Waals surface area contributed by atoms with Crippen LogP contribution in [0.1, 0.15) is 22.5 Å². The maximum atomic E-state index is 12.5. The molecule has 146 valence electrons. The van der Waals surface area contributed by atoms with Crippen LogP contribution in [0, 0.1) is 3.95 Å². The van der Waals surface area contributed by atoms with Gasteiger partial charge in [0.1, 0.15) is 10.7 Å². The Balaban J connectivity index is 1.58. The monoisotopic (exact) mass is 420 g/mol. The van der Waals surface area contributed by atoms with Gasteiger partial charge in [0, 0.05) is 32.2 Å². The predicted molar refractivity (Wildman–Crippen MR) is 104 cm³/mol. The number of nitrogen functional groups attached to an aromatic ring is 1. The van der Waals surface area contributed by atoms with Crippen molar-refractivity contribution in [2.45, 2.75) is 25.4 Å². The number of nitrogens with one attached hydrogen (secondary N) is 1. The molecule has 26 heavy (non-hydrogen) atoms. The molecule has 11 heteroatoms. The highest BCUT2D eigenvalue weighted by molar-refractivity contribution is 7.91. The van der Waals surface area contributed by atoms with Gasteiger partial charge < -0.3 is 20.4 Å². The molecule has 2 saturated heterocycles. The van der Waals surface area contributed by atoms with Crippen LogP contribution in [-0.4, -0.2) is 74.2 Å². The number of hydrogen-bond donors (Lipinski definition) is 2. The Morgan fingerprint density at radius 2 is 2.08 bits per heavy atom. The van der Waals surface area contributed by atoms with Crippen molar-refractivity contribution in [2.24, 2.45) is 0 Å². The third-order valence-electron chi connectivity index (χ3n) is 4.67. The highest BCUT2D eigenvalue weighted by Crippen LogP contribution is 2.23. The molecule has 0 radical (unpaired) electrons. The number of amides is 1. The average molecular weight is 421 g/mol. The Labute approximate surface area is 162 Å². The van der Waals surface area contributed by atoms with Crippen molar-refractivity contribution in [1.29, 1.82) is 0 Å². The lowest BCUT2D eigenvalue weighted by molar-refractivity contribution is 0.0369. The minimum absolute atomic E-state index is 0.00962. The van der Waals surface area contributed by atoms with Gasteiger partial charge in [-0.2, -0.15) is 0 Å². The van der Waals surface area contributed by atoms with E-state index in [4.69, 9.17) is 22.7 Å². The topological polar surface area (TPSA) is 107 Å². The van der Waals surface area contributed by atoms with Gasteiger partial charge in [0.15, 0.2) is 13.8 Å². The van der Waals surface area contributed by atoms with Crippen molar-refractivity contribution in [2.75, 3.05) is 50.1 Å². The molecule has 0 aromatic carbocycles. The van der Waals surface area contributed by atoms with Gasteiger partial charge in [-0.3, -0.25) is 9.69 Å². The molecule has 2 aliphatic rings. The quantitative estimate of drug-likeness (QED) is 0.646. The van der Waals surface area contributed by atoms with E-state index in [-0.39, 0.29) is 23.5 Å². The summed E-state index contributed by atoms with van der Waals surface area (Å²) < 4.78 is 30.7. The van der Waals surface area contributed by atoms with Gasteiger partial charge in [0.25, 0.3) is 5.91 Å². The van der Waals surface area contributed by atoms with Crippen molar-refractivity contribution >= 4 is 45.1 Å². The molecule has 1 atom stereocenters. The highest BCUT2D eigenvalue weighted by Gasteiger charge is 2.30. The zero-order chi connectivity index (χ0) is 18.7. The standard InChI is InChI=1S/C15H24N4O4S3/c16-13-12(14(20)17-11-2-9-26(21,22)10-11)25-15(24)19(13)4-1-3-18-5-7-23-8-6-18/h11H,1-10,16H2,(H,17,20)/t11-/m1/s1. The summed E-state index contributed by atoms with van der Waals surface area (Å²) in [6, 6.07) is -0.350. The Hall–Kier alpha value is -1.01. The van der Waals surface area contributed by atoms with Gasteiger partial charge in [-0.05, 0) is 25.1 Å². The minimum atomic E-state index is -3.04. The van der Waals surface area contributed by atoms with Crippen LogP contribution in [0.4, 0.5) is 5.82 Å². The maximum Gasteiger partial charge on any atom is 0.265 e. The molecular weight excluding hydrogens is 396 g/mol. The van der Waals surface area contributed by atoms with Gasteiger partial charge in [-0.25, -0.2) is 8.42 Å². The Kier molecular flexibility index (Phi) is 6.33. The van der Waals surface area contributed by atoms with Crippen LogP contribution in [0.25, 0.3) is 0 Å². The summed E-state index contributed by atoms with van der Waals surface area (Å²) in [5, 5.41) is 2.77. The first-order valence-electron chi connectivity index (χ1n) is 8.66. The van der Waals surface area contributed by atoms with Crippen LogP contribution in [0.15, 0.2) is 0 Å². The van der Waals surface area contributed by atoms with E-state index in [1.54, 1.807) is 4.57 Å². The first kappa shape index (κ1) is 19.7. The summed E-state index contributed by atoms with van der Waals surface area (Å²) in [5.74, 6) is 0.128. The second-order valence-electron chi connectivity index (χ2n) is 6.61. The zero-order valence-corrected chi connectivity index (χ0v) is 16.9. The predicted octanol–water partition coefficient (Wildman–Crippen LogP) is 0.500. The van der Waals surface area contributed by atoms with Crippen molar-refractivity contribution in [3.63, 3.8) is 0 Å². The molecule has 8 nitrogen and oxygen atoms in total. The average Bonchev–Trinajstić information content (AvgIpc) is 3.08. The number of carbonyl (C=O) groups is 1. The van der Waals surface area contributed by atoms with Crippen molar-refractivity contribution < 1.29 is 17.9 Å². The van der Waals surface area contributed by atoms with Crippen LogP contribution >= 0.6 is 23.6 Å². The lowest BCUT2D eigenvalue weighted by atomic mass is 10.2. The smallest absolute Gasteiger partial charge is 0.265 e. The van der Waals surface area contributed by atoms with E-state index in [0.29, 0.717) is 27.6 Å². The zero-order valence-electron chi connectivity index (χ0n) is 14.5. The molecule has 0 bridgehead atoms. The van der Waals surface area contributed by atoms with E-state index >= 15 is 0 Å². The number of nitrogens with two attached hydrogens (primary N) is 1. The number of ether oxygens (including phenoxy) is 1. The normalized spacial score (nSPS) is 23.2. The van der Waals surface area contributed by atoms with Gasteiger partial charge in [0.2, 0.25) is 0 Å². The summed E-state index contributed by atoms with van der Waals surface area (Å²) in [7, 11) is -3.04. The lowest BCUT2D eigenvalue weighted by Crippen LogP contribution is -2.37. The SMILES string of the molecule is Nc1c(C(=O)N[C@@H]2CCS(=O)(=O)C2)sc(=S)n1CCCN1CCOCC1. The van der Waals surface area contributed by atoms with Gasteiger partial charge >= 0.3 is 0 Å². The lowest BCUT2D eigenvalue weighted by Gasteiger charge is -2.26. The fourth-order valence-corrected chi connectivity index (χ4v) is 6.18. The molecule has 0 saturated carbocycles. The summed E-state index contributed by atoms with van der Waals surface area (Å²) in [4.78, 5) is 15.2. The number of anilines is 1. The number of hydrogen-bond acceptors (Lipinski definition) is 8. The molecule has 3 N–H and O–H groups in total. The fourth-order valence-electron chi connectivity index (χ4n) is 3.23. The van der Waals surface area contributed by atoms with Gasteiger partial charge in [-0.1, -0.05) is 11.3 Å². The van der Waals surface area contributed by atoms with Gasteiger partial charge in [-0.15, -0.1) is 0 Å². The molecule has 1 aromatic heterocycles. The van der Waals surface area contributed by atoms with Crippen LogP contribution in [-0.2, 0) is 21.1 Å². The minimum Gasteiger partial charge on any atom is -0.384 e. The molecule has 3 rings (SSSR count). The molecular formula is C15H24N4O4S3. The first-order chi connectivity index (χ1) is 12.4. The largest absolute Gasteiger partial charge is 0.384 e. The summed E-state index contributed by atoms with van der Waals surface area (Å²) >= 11 is 6.54. The van der Waals surface area contributed by atoms with E-state index in [9.17, 15) is 13.2 Å². The Bertz CT molecular complexity index is 811. The van der Waals surface area contributed by atoms with Crippen LogP contribution in [0.5, 0.6) is 0 Å². The Morgan fingerprint density at radius 3 is 2.73 bits per heavy atom. The first-order valence-corrected chi connectivity index (χ1v) is 11.7. The number of sulfone groups is 1. The van der Waals surface area contributed by atoms with Crippen LogP contribution < -0.4 is 11.1 Å². The number of carbonyl (C=O) groups excluding carboxylic acids is 1.